The molecule has 0 bridgehead atoms. The molecule has 0 fully saturated rings. The largest absolute Gasteiger partial charge is 0.456 e. The standard InChI is InChI=1S/C55H32N4O/c1-2-13-33(14-3-1)45-30-37(31-46-43-22-11-15-34-16-12-23-44(51(34)43)52(45)46)55-57-53(56-54(58-55)36-27-28-42-41-21-6-9-26-49(41)60-50(42)32-36)35-17-10-18-38(29-35)59-47-24-7-4-19-39(47)40-20-5-8-25-48(40)59/h1-32H. The molecule has 9 aromatic carbocycles. The molecule has 0 spiro atoms. The number of furan rings is 1. The van der Waals surface area contributed by atoms with Gasteiger partial charge >= 0.3 is 0 Å². The van der Waals surface area contributed by atoms with Crippen molar-refractivity contribution in [2.45, 2.75) is 0 Å². The molecule has 1 aliphatic carbocycles. The van der Waals surface area contributed by atoms with Crippen LogP contribution in [0.5, 0.6) is 0 Å². The van der Waals surface area contributed by atoms with Crippen molar-refractivity contribution in [2.24, 2.45) is 0 Å². The Bertz CT molecular complexity index is 3670. The summed E-state index contributed by atoms with van der Waals surface area (Å²) in [4.78, 5) is 15.9. The smallest absolute Gasteiger partial charge is 0.164 e. The van der Waals surface area contributed by atoms with E-state index in [9.17, 15) is 0 Å². The Hall–Kier alpha value is -8.15. The van der Waals surface area contributed by atoms with Gasteiger partial charge in [0.15, 0.2) is 17.5 Å². The van der Waals surface area contributed by atoms with Crippen molar-refractivity contribution in [3.63, 3.8) is 0 Å². The lowest BCUT2D eigenvalue weighted by Crippen LogP contribution is -2.01. The minimum atomic E-state index is 0.576. The van der Waals surface area contributed by atoms with Crippen molar-refractivity contribution in [2.75, 3.05) is 0 Å². The van der Waals surface area contributed by atoms with E-state index in [0.29, 0.717) is 17.5 Å². The Morgan fingerprint density at radius 2 is 0.933 bits per heavy atom. The second-order valence-electron chi connectivity index (χ2n) is 15.6. The zero-order valence-corrected chi connectivity index (χ0v) is 32.2. The van der Waals surface area contributed by atoms with E-state index in [2.05, 4.69) is 180 Å². The Morgan fingerprint density at radius 3 is 1.70 bits per heavy atom. The van der Waals surface area contributed by atoms with Crippen LogP contribution >= 0.6 is 0 Å². The van der Waals surface area contributed by atoms with Crippen LogP contribution in [0.2, 0.25) is 0 Å². The summed E-state index contributed by atoms with van der Waals surface area (Å²) in [6.45, 7) is 0. The van der Waals surface area contributed by atoms with Crippen molar-refractivity contribution < 1.29 is 4.42 Å². The fourth-order valence-electron chi connectivity index (χ4n) is 9.51. The van der Waals surface area contributed by atoms with Gasteiger partial charge in [0.05, 0.1) is 11.0 Å². The fourth-order valence-corrected chi connectivity index (χ4v) is 9.51. The number of rotatable bonds is 5. The Labute approximate surface area is 344 Å². The highest BCUT2D eigenvalue weighted by molar-refractivity contribution is 6.19. The number of nitrogens with zero attached hydrogens (tertiary/aromatic N) is 4. The van der Waals surface area contributed by atoms with Crippen LogP contribution in [0.1, 0.15) is 0 Å². The van der Waals surface area contributed by atoms with Crippen LogP contribution < -0.4 is 0 Å². The third-order valence-corrected chi connectivity index (χ3v) is 12.2. The van der Waals surface area contributed by atoms with Gasteiger partial charge in [-0.25, -0.2) is 15.0 Å². The van der Waals surface area contributed by atoms with Gasteiger partial charge in [0.2, 0.25) is 0 Å². The van der Waals surface area contributed by atoms with Gasteiger partial charge in [-0.05, 0) is 98.8 Å². The van der Waals surface area contributed by atoms with Gasteiger partial charge < -0.3 is 8.98 Å². The van der Waals surface area contributed by atoms with Crippen LogP contribution in [-0.2, 0) is 0 Å². The van der Waals surface area contributed by atoms with Gasteiger partial charge in [0, 0.05) is 43.9 Å². The minimum absolute atomic E-state index is 0.576. The molecule has 0 radical (unpaired) electrons. The molecule has 0 amide bonds. The molecule has 12 aromatic rings. The van der Waals surface area contributed by atoms with Gasteiger partial charge in [-0.15, -0.1) is 0 Å². The minimum Gasteiger partial charge on any atom is -0.456 e. The van der Waals surface area contributed by atoms with Gasteiger partial charge in [-0.1, -0.05) is 140 Å². The van der Waals surface area contributed by atoms with E-state index >= 15 is 0 Å². The van der Waals surface area contributed by atoms with Crippen molar-refractivity contribution in [3.05, 3.63) is 194 Å². The zero-order chi connectivity index (χ0) is 39.3. The molecule has 278 valence electrons. The molecule has 0 atom stereocenters. The number of benzene rings is 9. The summed E-state index contributed by atoms with van der Waals surface area (Å²) in [5.74, 6) is 1.77. The Kier molecular flexibility index (Phi) is 6.95. The van der Waals surface area contributed by atoms with Crippen LogP contribution in [0.3, 0.4) is 0 Å². The van der Waals surface area contributed by atoms with Crippen LogP contribution in [-0.4, -0.2) is 19.5 Å². The highest BCUT2D eigenvalue weighted by atomic mass is 16.3. The highest BCUT2D eigenvalue weighted by Crippen LogP contribution is 2.52. The molecular weight excluding hydrogens is 733 g/mol. The maximum absolute atomic E-state index is 6.37. The van der Waals surface area contributed by atoms with Crippen LogP contribution in [0, 0.1) is 0 Å². The molecule has 60 heavy (non-hydrogen) atoms. The van der Waals surface area contributed by atoms with Gasteiger partial charge in [-0.3, -0.25) is 0 Å². The summed E-state index contributed by atoms with van der Waals surface area (Å²) in [6.07, 6.45) is 0. The topological polar surface area (TPSA) is 56.7 Å². The first-order chi connectivity index (χ1) is 29.7. The van der Waals surface area contributed by atoms with E-state index in [1.165, 1.54) is 43.8 Å². The second-order valence-corrected chi connectivity index (χ2v) is 15.6. The molecule has 5 heteroatoms. The SMILES string of the molecule is c1ccc(-c2cc(-c3nc(-c4cccc(-n5c6ccccc6c6ccccc65)c4)nc(-c4ccc5c(c4)oc4ccccc45)n3)cc3c2-c2cccc4cccc-3c24)cc1. The quantitative estimate of drug-likeness (QED) is 0.175. The lowest BCUT2D eigenvalue weighted by atomic mass is 9.91. The fraction of sp³-hybridized carbons (Fsp3) is 0. The van der Waals surface area contributed by atoms with Crippen molar-refractivity contribution in [1.82, 2.24) is 19.5 Å². The summed E-state index contributed by atoms with van der Waals surface area (Å²) < 4.78 is 8.70. The summed E-state index contributed by atoms with van der Waals surface area (Å²) in [7, 11) is 0. The molecule has 13 rings (SSSR count). The average Bonchev–Trinajstić information content (AvgIpc) is 3.97. The second kappa shape index (κ2) is 12.7. The first-order valence-corrected chi connectivity index (χ1v) is 20.3. The predicted molar refractivity (Wildman–Crippen MR) is 245 cm³/mol. The number of hydrogen-bond acceptors (Lipinski definition) is 4. The van der Waals surface area contributed by atoms with Crippen molar-refractivity contribution in [3.8, 4) is 73.2 Å². The third kappa shape index (κ3) is 4.90. The number of para-hydroxylation sites is 3. The zero-order valence-electron chi connectivity index (χ0n) is 32.2. The maximum atomic E-state index is 6.37. The van der Waals surface area contributed by atoms with E-state index in [1.54, 1.807) is 0 Å². The van der Waals surface area contributed by atoms with Gasteiger partial charge in [0.25, 0.3) is 0 Å². The van der Waals surface area contributed by atoms with E-state index in [1.807, 2.05) is 18.2 Å². The maximum Gasteiger partial charge on any atom is 0.164 e. The first kappa shape index (κ1) is 32.9. The molecule has 0 saturated carbocycles. The molecule has 0 unspecified atom stereocenters. The lowest BCUT2D eigenvalue weighted by molar-refractivity contribution is 0.669. The number of hydrogen-bond donors (Lipinski definition) is 0. The highest BCUT2D eigenvalue weighted by Gasteiger charge is 2.27. The molecule has 3 heterocycles. The predicted octanol–water partition coefficient (Wildman–Crippen LogP) is 14.3. The Morgan fingerprint density at radius 1 is 0.350 bits per heavy atom. The third-order valence-electron chi connectivity index (χ3n) is 12.2. The number of fused-ring (bicyclic) bond motifs is 9. The normalized spacial score (nSPS) is 12.0. The lowest BCUT2D eigenvalue weighted by Gasteiger charge is -2.15. The summed E-state index contributed by atoms with van der Waals surface area (Å²) in [5, 5.41) is 7.09. The summed E-state index contributed by atoms with van der Waals surface area (Å²) >= 11 is 0. The van der Waals surface area contributed by atoms with Crippen molar-refractivity contribution in [1.29, 1.82) is 0 Å². The molecule has 0 saturated heterocycles. The van der Waals surface area contributed by atoms with E-state index in [4.69, 9.17) is 19.4 Å². The molecule has 3 aromatic heterocycles. The molecule has 1 aliphatic rings. The van der Waals surface area contributed by atoms with Gasteiger partial charge in [0.1, 0.15) is 11.2 Å². The van der Waals surface area contributed by atoms with Crippen molar-refractivity contribution >= 4 is 54.5 Å². The summed E-state index contributed by atoms with van der Waals surface area (Å²) in [5.41, 5.74) is 14.8. The van der Waals surface area contributed by atoms with E-state index in [-0.39, 0.29) is 0 Å². The molecule has 0 N–H and O–H groups in total. The monoisotopic (exact) mass is 764 g/mol. The van der Waals surface area contributed by atoms with Crippen LogP contribution in [0.15, 0.2) is 199 Å². The number of aromatic nitrogens is 4. The Balaban J connectivity index is 1.05. The van der Waals surface area contributed by atoms with E-state index in [0.717, 1.165) is 66.5 Å². The van der Waals surface area contributed by atoms with Crippen LogP contribution in [0.25, 0.3) is 128 Å². The average molecular weight is 765 g/mol. The van der Waals surface area contributed by atoms with E-state index < -0.39 is 0 Å². The summed E-state index contributed by atoms with van der Waals surface area (Å²) in [6, 6.07) is 68.6. The van der Waals surface area contributed by atoms with Crippen LogP contribution in [0.4, 0.5) is 0 Å². The molecule has 0 aliphatic heterocycles. The molecular formula is C55H32N4O. The first-order valence-electron chi connectivity index (χ1n) is 20.3. The molecule has 5 nitrogen and oxygen atoms in total. The van der Waals surface area contributed by atoms with Gasteiger partial charge in [-0.2, -0.15) is 0 Å².